The van der Waals surface area contributed by atoms with Crippen molar-refractivity contribution in [1.29, 1.82) is 0 Å². The van der Waals surface area contributed by atoms with Crippen LogP contribution in [0.5, 0.6) is 0 Å². The van der Waals surface area contributed by atoms with E-state index in [0.717, 1.165) is 31.1 Å². The first-order chi connectivity index (χ1) is 7.29. The van der Waals surface area contributed by atoms with Crippen molar-refractivity contribution in [2.75, 3.05) is 30.3 Å². The molecule has 0 bridgehead atoms. The van der Waals surface area contributed by atoms with E-state index in [2.05, 4.69) is 9.88 Å². The fourth-order valence-corrected chi connectivity index (χ4v) is 1.98. The topological polar surface area (TPSA) is 68.2 Å². The lowest BCUT2D eigenvalue weighted by molar-refractivity contribution is 0.413. The third-order valence-corrected chi connectivity index (χ3v) is 3.04. The lowest BCUT2D eigenvalue weighted by Crippen LogP contribution is -2.36. The molecule has 4 nitrogen and oxygen atoms in total. The number of nitrogen functional groups attached to an aromatic ring is 1. The molecule has 82 valence electrons. The van der Waals surface area contributed by atoms with Crippen molar-refractivity contribution in [2.24, 2.45) is 11.7 Å². The highest BCUT2D eigenvalue weighted by molar-refractivity contribution is 5.45. The number of rotatable bonds is 2. The van der Waals surface area contributed by atoms with Gasteiger partial charge in [-0.1, -0.05) is 0 Å². The van der Waals surface area contributed by atoms with E-state index in [0.29, 0.717) is 5.92 Å². The summed E-state index contributed by atoms with van der Waals surface area (Å²) in [4.78, 5) is 6.62. The maximum Gasteiger partial charge on any atom is 0.128 e. The summed E-state index contributed by atoms with van der Waals surface area (Å²) >= 11 is 0. The molecule has 4 heteroatoms. The van der Waals surface area contributed by atoms with E-state index in [1.807, 2.05) is 12.1 Å². The first kappa shape index (κ1) is 10.2. The van der Waals surface area contributed by atoms with Gasteiger partial charge >= 0.3 is 0 Å². The van der Waals surface area contributed by atoms with Gasteiger partial charge in [-0.15, -0.1) is 0 Å². The van der Waals surface area contributed by atoms with E-state index in [1.165, 1.54) is 12.8 Å². The first-order valence-electron chi connectivity index (χ1n) is 5.46. The Morgan fingerprint density at radius 1 is 1.33 bits per heavy atom. The maximum absolute atomic E-state index is 5.66. The van der Waals surface area contributed by atoms with Crippen LogP contribution in [0.3, 0.4) is 0 Å². The molecule has 15 heavy (non-hydrogen) atoms. The summed E-state index contributed by atoms with van der Waals surface area (Å²) in [6.45, 7) is 2.92. The van der Waals surface area contributed by atoms with Gasteiger partial charge in [0.2, 0.25) is 0 Å². The Morgan fingerprint density at radius 2 is 2.07 bits per heavy atom. The number of hydrogen-bond donors (Lipinski definition) is 2. The van der Waals surface area contributed by atoms with Crippen molar-refractivity contribution in [3.63, 3.8) is 0 Å². The van der Waals surface area contributed by atoms with Crippen LogP contribution in [-0.2, 0) is 0 Å². The summed E-state index contributed by atoms with van der Waals surface area (Å²) in [5.74, 6) is 1.72. The number of pyridine rings is 1. The fourth-order valence-electron chi connectivity index (χ4n) is 1.98. The SMILES string of the molecule is NCC1CCN(c2ccc(N)cn2)CC1. The van der Waals surface area contributed by atoms with Crippen molar-refractivity contribution in [1.82, 2.24) is 4.98 Å². The van der Waals surface area contributed by atoms with Crippen molar-refractivity contribution in [2.45, 2.75) is 12.8 Å². The Kier molecular flexibility index (Phi) is 3.06. The molecule has 0 unspecified atom stereocenters. The summed E-state index contributed by atoms with van der Waals surface area (Å²) in [5, 5.41) is 0. The van der Waals surface area contributed by atoms with Gasteiger partial charge in [-0.25, -0.2) is 4.98 Å². The highest BCUT2D eigenvalue weighted by Crippen LogP contribution is 2.21. The van der Waals surface area contributed by atoms with Gasteiger partial charge in [0.05, 0.1) is 11.9 Å². The normalized spacial score (nSPS) is 18.1. The zero-order chi connectivity index (χ0) is 10.7. The second kappa shape index (κ2) is 4.49. The fraction of sp³-hybridized carbons (Fsp3) is 0.545. The van der Waals surface area contributed by atoms with Crippen molar-refractivity contribution in [3.05, 3.63) is 18.3 Å². The summed E-state index contributed by atoms with van der Waals surface area (Å²) in [5.41, 5.74) is 12.0. The molecule has 2 heterocycles. The Labute approximate surface area is 90.3 Å². The minimum Gasteiger partial charge on any atom is -0.397 e. The number of aromatic nitrogens is 1. The first-order valence-corrected chi connectivity index (χ1v) is 5.46. The molecular formula is C11H18N4. The molecule has 2 rings (SSSR count). The smallest absolute Gasteiger partial charge is 0.128 e. The quantitative estimate of drug-likeness (QED) is 0.752. The van der Waals surface area contributed by atoms with Crippen LogP contribution < -0.4 is 16.4 Å². The molecule has 1 saturated heterocycles. The molecule has 1 aliphatic heterocycles. The van der Waals surface area contributed by atoms with Gasteiger partial charge in [0.1, 0.15) is 5.82 Å². The third-order valence-electron chi connectivity index (χ3n) is 3.04. The van der Waals surface area contributed by atoms with Gasteiger partial charge in [0.15, 0.2) is 0 Å². The van der Waals surface area contributed by atoms with E-state index >= 15 is 0 Å². The molecular weight excluding hydrogens is 188 g/mol. The van der Waals surface area contributed by atoms with Crippen molar-refractivity contribution >= 4 is 11.5 Å². The molecule has 1 aromatic rings. The van der Waals surface area contributed by atoms with E-state index in [-0.39, 0.29) is 0 Å². The lowest BCUT2D eigenvalue weighted by Gasteiger charge is -2.32. The van der Waals surface area contributed by atoms with Crippen LogP contribution >= 0.6 is 0 Å². The molecule has 0 amide bonds. The summed E-state index contributed by atoms with van der Waals surface area (Å²) in [6, 6.07) is 3.88. The van der Waals surface area contributed by atoms with Gasteiger partial charge in [-0.2, -0.15) is 0 Å². The Morgan fingerprint density at radius 3 is 2.60 bits per heavy atom. The molecule has 0 spiro atoms. The predicted molar refractivity (Wildman–Crippen MR) is 62.6 cm³/mol. The molecule has 0 atom stereocenters. The van der Waals surface area contributed by atoms with E-state index in [9.17, 15) is 0 Å². The second-order valence-corrected chi connectivity index (χ2v) is 4.12. The average molecular weight is 206 g/mol. The van der Waals surface area contributed by atoms with Crippen LogP contribution in [0.15, 0.2) is 18.3 Å². The standard InChI is InChI=1S/C11H18N4/c12-7-9-3-5-15(6-4-9)11-2-1-10(13)8-14-11/h1-2,8-9H,3-7,12-13H2. The van der Waals surface area contributed by atoms with Gasteiger partial charge in [-0.05, 0) is 37.4 Å². The summed E-state index contributed by atoms with van der Waals surface area (Å²) < 4.78 is 0. The molecule has 0 radical (unpaired) electrons. The third kappa shape index (κ3) is 2.39. The van der Waals surface area contributed by atoms with Crippen LogP contribution in [0.2, 0.25) is 0 Å². The highest BCUT2D eigenvalue weighted by atomic mass is 15.2. The number of piperidine rings is 1. The van der Waals surface area contributed by atoms with Gasteiger partial charge in [0.25, 0.3) is 0 Å². The number of nitrogens with two attached hydrogens (primary N) is 2. The average Bonchev–Trinajstić information content (AvgIpc) is 2.30. The molecule has 4 N–H and O–H groups in total. The Balaban J connectivity index is 1.98. The van der Waals surface area contributed by atoms with Gasteiger partial charge in [0, 0.05) is 13.1 Å². The van der Waals surface area contributed by atoms with Gasteiger partial charge in [-0.3, -0.25) is 0 Å². The predicted octanol–water partition coefficient (Wildman–Crippen LogP) is 0.839. The van der Waals surface area contributed by atoms with E-state index in [1.54, 1.807) is 6.20 Å². The number of nitrogens with zero attached hydrogens (tertiary/aromatic N) is 2. The van der Waals surface area contributed by atoms with Crippen molar-refractivity contribution in [3.8, 4) is 0 Å². The summed E-state index contributed by atoms with van der Waals surface area (Å²) in [6.07, 6.45) is 4.05. The monoisotopic (exact) mass is 206 g/mol. The van der Waals surface area contributed by atoms with E-state index < -0.39 is 0 Å². The van der Waals surface area contributed by atoms with Crippen LogP contribution in [0.1, 0.15) is 12.8 Å². The number of hydrogen-bond acceptors (Lipinski definition) is 4. The number of anilines is 2. The molecule has 0 aromatic carbocycles. The minimum atomic E-state index is 0.690. The molecule has 1 aliphatic rings. The van der Waals surface area contributed by atoms with Crippen LogP contribution in [-0.4, -0.2) is 24.6 Å². The molecule has 1 aromatic heterocycles. The van der Waals surface area contributed by atoms with E-state index in [4.69, 9.17) is 11.5 Å². The highest BCUT2D eigenvalue weighted by Gasteiger charge is 2.18. The summed E-state index contributed by atoms with van der Waals surface area (Å²) in [7, 11) is 0. The molecule has 1 fully saturated rings. The second-order valence-electron chi connectivity index (χ2n) is 4.12. The molecule has 0 aliphatic carbocycles. The van der Waals surface area contributed by atoms with Crippen molar-refractivity contribution < 1.29 is 0 Å². The zero-order valence-corrected chi connectivity index (χ0v) is 8.89. The minimum absolute atomic E-state index is 0.690. The largest absolute Gasteiger partial charge is 0.397 e. The van der Waals surface area contributed by atoms with Gasteiger partial charge < -0.3 is 16.4 Å². The van der Waals surface area contributed by atoms with Crippen LogP contribution in [0.25, 0.3) is 0 Å². The lowest BCUT2D eigenvalue weighted by atomic mass is 9.97. The zero-order valence-electron chi connectivity index (χ0n) is 8.89. The van der Waals surface area contributed by atoms with Crippen LogP contribution in [0, 0.1) is 5.92 Å². The van der Waals surface area contributed by atoms with Crippen LogP contribution in [0.4, 0.5) is 11.5 Å². The molecule has 0 saturated carbocycles. The Bertz CT molecular complexity index is 301. The Hall–Kier alpha value is -1.29. The maximum atomic E-state index is 5.66.